The van der Waals surface area contributed by atoms with E-state index in [1.807, 2.05) is 6.92 Å². The number of carbonyl (C=O) groups is 1. The van der Waals surface area contributed by atoms with Crippen LogP contribution in [0.25, 0.3) is 0 Å². The summed E-state index contributed by atoms with van der Waals surface area (Å²) < 4.78 is 10.1. The van der Waals surface area contributed by atoms with Gasteiger partial charge in [-0.05, 0) is 19.9 Å². The number of rotatable bonds is 5. The lowest BCUT2D eigenvalue weighted by molar-refractivity contribution is 0.0591. The molecule has 0 saturated heterocycles. The van der Waals surface area contributed by atoms with Crippen molar-refractivity contribution in [3.63, 3.8) is 0 Å². The Morgan fingerprint density at radius 3 is 3.00 bits per heavy atom. The maximum absolute atomic E-state index is 11.8. The molecule has 0 unspecified atom stereocenters. The van der Waals surface area contributed by atoms with Crippen molar-refractivity contribution in [1.29, 1.82) is 0 Å². The first-order valence-electron chi connectivity index (χ1n) is 6.51. The molecule has 0 amide bonds. The van der Waals surface area contributed by atoms with Crippen molar-refractivity contribution >= 4 is 5.97 Å². The molecule has 0 bridgehead atoms. The molecule has 0 atom stereocenters. The predicted octanol–water partition coefficient (Wildman–Crippen LogP) is 0.488. The molecule has 1 aliphatic rings. The quantitative estimate of drug-likeness (QED) is 0.617. The third-order valence-corrected chi connectivity index (χ3v) is 3.04. The molecule has 1 aromatic heterocycles. The van der Waals surface area contributed by atoms with E-state index in [4.69, 9.17) is 9.47 Å². The van der Waals surface area contributed by atoms with Gasteiger partial charge in [0.2, 0.25) is 0 Å². The molecule has 0 saturated carbocycles. The van der Waals surface area contributed by atoms with Crippen LogP contribution in [0.15, 0.2) is 0 Å². The van der Waals surface area contributed by atoms with Crippen molar-refractivity contribution in [2.24, 2.45) is 0 Å². The zero-order valence-corrected chi connectivity index (χ0v) is 11.4. The van der Waals surface area contributed by atoms with Gasteiger partial charge in [0.15, 0.2) is 5.69 Å². The number of carbonyl (C=O) groups excluding carboxylic acids is 1. The summed E-state index contributed by atoms with van der Waals surface area (Å²) in [5, 5.41) is 3.25. The van der Waals surface area contributed by atoms with Gasteiger partial charge in [-0.3, -0.25) is 0 Å². The summed E-state index contributed by atoms with van der Waals surface area (Å²) in [6, 6.07) is 0. The summed E-state index contributed by atoms with van der Waals surface area (Å²) in [7, 11) is 1.37. The van der Waals surface area contributed by atoms with Crippen LogP contribution in [0.4, 0.5) is 0 Å². The maximum atomic E-state index is 11.8. The van der Waals surface area contributed by atoms with Gasteiger partial charge >= 0.3 is 5.97 Å². The first kappa shape index (κ1) is 13.9. The van der Waals surface area contributed by atoms with Crippen LogP contribution in [-0.2, 0) is 28.9 Å². The van der Waals surface area contributed by atoms with E-state index in [-0.39, 0.29) is 0 Å². The average Bonchev–Trinajstić information content (AvgIpc) is 2.46. The fourth-order valence-electron chi connectivity index (χ4n) is 2.10. The summed E-state index contributed by atoms with van der Waals surface area (Å²) in [6.07, 6.45) is 1.36. The highest BCUT2D eigenvalue weighted by molar-refractivity contribution is 5.89. The number of aromatic nitrogens is 2. The molecule has 19 heavy (non-hydrogen) atoms. The minimum atomic E-state index is -0.391. The maximum Gasteiger partial charge on any atom is 0.357 e. The molecule has 0 aromatic carbocycles. The Morgan fingerprint density at radius 1 is 1.42 bits per heavy atom. The minimum Gasteiger partial charge on any atom is -0.464 e. The molecule has 0 radical (unpaired) electrons. The van der Waals surface area contributed by atoms with E-state index in [0.717, 1.165) is 24.2 Å². The summed E-state index contributed by atoms with van der Waals surface area (Å²) in [6.45, 7) is 4.67. The molecule has 0 spiro atoms. The average molecular weight is 265 g/mol. The lowest BCUT2D eigenvalue weighted by atomic mass is 10.0. The number of ether oxygens (including phenoxy) is 2. The summed E-state index contributed by atoms with van der Waals surface area (Å²) in [5.41, 5.74) is 2.21. The van der Waals surface area contributed by atoms with Gasteiger partial charge in [-0.15, -0.1) is 0 Å². The molecule has 2 heterocycles. The minimum absolute atomic E-state index is 0.391. The van der Waals surface area contributed by atoms with Gasteiger partial charge in [0.05, 0.1) is 19.4 Å². The lowest BCUT2D eigenvalue weighted by Gasteiger charge is -2.19. The Hall–Kier alpha value is -1.53. The third kappa shape index (κ3) is 3.27. The number of fused-ring (bicyclic) bond motifs is 1. The van der Waals surface area contributed by atoms with E-state index in [1.165, 1.54) is 7.11 Å². The largest absolute Gasteiger partial charge is 0.464 e. The Balaban J connectivity index is 2.28. The highest BCUT2D eigenvalue weighted by atomic mass is 16.5. The molecule has 104 valence electrons. The molecule has 1 aromatic rings. The van der Waals surface area contributed by atoms with Crippen molar-refractivity contribution in [2.45, 2.75) is 26.3 Å². The second-order valence-electron chi connectivity index (χ2n) is 4.28. The Labute approximate surface area is 112 Å². The Morgan fingerprint density at radius 2 is 2.26 bits per heavy atom. The number of nitrogens with one attached hydrogen (secondary N) is 1. The molecule has 1 N–H and O–H groups in total. The highest BCUT2D eigenvalue weighted by Gasteiger charge is 2.22. The summed E-state index contributed by atoms with van der Waals surface area (Å²) in [5.74, 6) is 0.245. The van der Waals surface area contributed by atoms with E-state index >= 15 is 0 Å². The lowest BCUT2D eigenvalue weighted by Crippen LogP contribution is -2.28. The topological polar surface area (TPSA) is 73.3 Å². The summed E-state index contributed by atoms with van der Waals surface area (Å²) >= 11 is 0. The van der Waals surface area contributed by atoms with Gasteiger partial charge in [-0.1, -0.05) is 0 Å². The van der Waals surface area contributed by atoms with Crippen LogP contribution in [0.2, 0.25) is 0 Å². The van der Waals surface area contributed by atoms with Gasteiger partial charge in [-0.25, -0.2) is 14.8 Å². The zero-order chi connectivity index (χ0) is 13.7. The standard InChI is InChI=1S/C13H19N3O3/c1-3-19-7-5-11-15-10-8-14-6-4-9(10)12(16-11)13(17)18-2/h14H,3-8H2,1-2H3. The van der Waals surface area contributed by atoms with Crippen LogP contribution in [0, 0.1) is 0 Å². The number of hydrogen-bond acceptors (Lipinski definition) is 6. The fraction of sp³-hybridized carbons (Fsp3) is 0.615. The van der Waals surface area contributed by atoms with Gasteiger partial charge in [0.1, 0.15) is 5.82 Å². The highest BCUT2D eigenvalue weighted by Crippen LogP contribution is 2.17. The van der Waals surface area contributed by atoms with Crippen LogP contribution >= 0.6 is 0 Å². The van der Waals surface area contributed by atoms with Gasteiger partial charge in [0.25, 0.3) is 0 Å². The van der Waals surface area contributed by atoms with Crippen molar-refractivity contribution in [1.82, 2.24) is 15.3 Å². The van der Waals surface area contributed by atoms with Crippen LogP contribution in [0.5, 0.6) is 0 Å². The fourth-order valence-corrected chi connectivity index (χ4v) is 2.10. The second-order valence-corrected chi connectivity index (χ2v) is 4.28. The summed E-state index contributed by atoms with van der Waals surface area (Å²) in [4.78, 5) is 20.6. The first-order valence-corrected chi connectivity index (χ1v) is 6.51. The van der Waals surface area contributed by atoms with E-state index in [0.29, 0.717) is 37.7 Å². The molecule has 6 heteroatoms. The van der Waals surface area contributed by atoms with Crippen molar-refractivity contribution in [2.75, 3.05) is 26.9 Å². The number of methoxy groups -OCH3 is 1. The monoisotopic (exact) mass is 265 g/mol. The molecular weight excluding hydrogens is 246 g/mol. The number of nitrogens with zero attached hydrogens (tertiary/aromatic N) is 2. The third-order valence-electron chi connectivity index (χ3n) is 3.04. The van der Waals surface area contributed by atoms with Crippen molar-refractivity contribution in [3.05, 3.63) is 22.8 Å². The zero-order valence-electron chi connectivity index (χ0n) is 11.4. The van der Waals surface area contributed by atoms with Crippen molar-refractivity contribution < 1.29 is 14.3 Å². The second kappa shape index (κ2) is 6.58. The van der Waals surface area contributed by atoms with E-state index in [9.17, 15) is 4.79 Å². The predicted molar refractivity (Wildman–Crippen MR) is 69.0 cm³/mol. The van der Waals surface area contributed by atoms with Gasteiger partial charge in [0, 0.05) is 25.1 Å². The Bertz CT molecular complexity index is 463. The van der Waals surface area contributed by atoms with E-state index < -0.39 is 5.97 Å². The smallest absolute Gasteiger partial charge is 0.357 e. The molecular formula is C13H19N3O3. The van der Waals surface area contributed by atoms with Gasteiger partial charge in [-0.2, -0.15) is 0 Å². The molecule has 1 aliphatic heterocycles. The van der Waals surface area contributed by atoms with E-state index in [1.54, 1.807) is 0 Å². The number of esters is 1. The molecule has 0 fully saturated rings. The SMILES string of the molecule is CCOCCc1nc2c(c(C(=O)OC)n1)CCNC2. The number of hydrogen-bond donors (Lipinski definition) is 1. The van der Waals surface area contributed by atoms with Gasteiger partial charge < -0.3 is 14.8 Å². The Kier molecular flexibility index (Phi) is 4.81. The van der Waals surface area contributed by atoms with Crippen LogP contribution in [-0.4, -0.2) is 42.8 Å². The molecule has 6 nitrogen and oxygen atoms in total. The molecule has 2 rings (SSSR count). The van der Waals surface area contributed by atoms with Crippen molar-refractivity contribution in [3.8, 4) is 0 Å². The van der Waals surface area contributed by atoms with Crippen LogP contribution in [0.3, 0.4) is 0 Å². The van der Waals surface area contributed by atoms with Crippen LogP contribution in [0.1, 0.15) is 34.5 Å². The molecule has 0 aliphatic carbocycles. The first-order chi connectivity index (χ1) is 9.26. The van der Waals surface area contributed by atoms with Crippen LogP contribution < -0.4 is 5.32 Å². The normalized spacial score (nSPS) is 14.0. The van der Waals surface area contributed by atoms with E-state index in [2.05, 4.69) is 15.3 Å².